The number of carboxylic acids is 1. The number of ether oxygens (including phenoxy) is 2. The molecule has 1 aromatic carbocycles. The molecule has 2 aromatic rings. The fraction of sp³-hybridized carbons (Fsp3) is 0.308. The van der Waals surface area contributed by atoms with Gasteiger partial charge in [0.2, 0.25) is 11.7 Å². The Morgan fingerprint density at radius 1 is 1.30 bits per heavy atom. The first-order valence-electron chi connectivity index (χ1n) is 5.91. The number of carboxylic acid groups (broad SMARTS) is 1. The average Bonchev–Trinajstić information content (AvgIpc) is 2.92. The molecule has 0 aliphatic rings. The molecule has 0 radical (unpaired) electrons. The molecule has 1 aromatic heterocycles. The zero-order valence-corrected chi connectivity index (χ0v) is 11.1. The number of hydrogen-bond acceptors (Lipinski definition) is 6. The number of rotatable bonds is 6. The van der Waals surface area contributed by atoms with Crippen LogP contribution < -0.4 is 9.47 Å². The van der Waals surface area contributed by atoms with Crippen molar-refractivity contribution in [2.24, 2.45) is 0 Å². The van der Waals surface area contributed by atoms with Crippen LogP contribution in [0.4, 0.5) is 0 Å². The quantitative estimate of drug-likeness (QED) is 0.860. The van der Waals surface area contributed by atoms with E-state index in [1.807, 2.05) is 0 Å². The Morgan fingerprint density at radius 2 is 1.95 bits per heavy atom. The molecule has 0 unspecified atom stereocenters. The molecule has 20 heavy (non-hydrogen) atoms. The van der Waals surface area contributed by atoms with Gasteiger partial charge in [-0.1, -0.05) is 11.2 Å². The monoisotopic (exact) mass is 278 g/mol. The van der Waals surface area contributed by atoms with Gasteiger partial charge in [0, 0.05) is 6.42 Å². The van der Waals surface area contributed by atoms with Crippen LogP contribution in [0.3, 0.4) is 0 Å². The fourth-order valence-electron chi connectivity index (χ4n) is 1.74. The van der Waals surface area contributed by atoms with Gasteiger partial charge in [-0.15, -0.1) is 0 Å². The molecule has 0 saturated carbocycles. The molecule has 0 aliphatic carbocycles. The summed E-state index contributed by atoms with van der Waals surface area (Å²) >= 11 is 0. The van der Waals surface area contributed by atoms with Crippen molar-refractivity contribution in [3.05, 3.63) is 24.1 Å². The number of hydrogen-bond donors (Lipinski definition) is 1. The van der Waals surface area contributed by atoms with Crippen LogP contribution in [0.5, 0.6) is 11.5 Å². The predicted molar refractivity (Wildman–Crippen MR) is 68.8 cm³/mol. The SMILES string of the molecule is COc1cccc(OC)c1-c1noc(CCC(=O)O)n1. The highest BCUT2D eigenvalue weighted by molar-refractivity contribution is 5.71. The summed E-state index contributed by atoms with van der Waals surface area (Å²) in [6, 6.07) is 5.29. The first kappa shape index (κ1) is 13.9. The highest BCUT2D eigenvalue weighted by Gasteiger charge is 2.18. The largest absolute Gasteiger partial charge is 0.496 e. The van der Waals surface area contributed by atoms with Crippen LogP contribution in [0.25, 0.3) is 11.4 Å². The minimum Gasteiger partial charge on any atom is -0.496 e. The van der Waals surface area contributed by atoms with Crippen LogP contribution in [-0.2, 0) is 11.2 Å². The van der Waals surface area contributed by atoms with Crippen molar-refractivity contribution >= 4 is 5.97 Å². The normalized spacial score (nSPS) is 10.3. The van der Waals surface area contributed by atoms with Crippen molar-refractivity contribution in [3.8, 4) is 22.9 Å². The Kier molecular flexibility index (Phi) is 4.19. The molecule has 0 atom stereocenters. The lowest BCUT2D eigenvalue weighted by Crippen LogP contribution is -1.98. The van der Waals surface area contributed by atoms with Crippen molar-refractivity contribution in [2.45, 2.75) is 12.8 Å². The maximum absolute atomic E-state index is 10.5. The third-order valence-corrected chi connectivity index (χ3v) is 2.67. The lowest BCUT2D eigenvalue weighted by molar-refractivity contribution is -0.137. The molecule has 106 valence electrons. The molecule has 0 saturated heterocycles. The topological polar surface area (TPSA) is 94.7 Å². The molecule has 7 heteroatoms. The van der Waals surface area contributed by atoms with E-state index in [1.165, 1.54) is 14.2 Å². The van der Waals surface area contributed by atoms with Crippen LogP contribution in [0.15, 0.2) is 22.7 Å². The Balaban J connectivity index is 2.34. The molecular weight excluding hydrogens is 264 g/mol. The van der Waals surface area contributed by atoms with E-state index in [1.54, 1.807) is 18.2 Å². The number of aromatic nitrogens is 2. The minimum atomic E-state index is -0.917. The van der Waals surface area contributed by atoms with E-state index in [-0.39, 0.29) is 18.7 Å². The first-order valence-corrected chi connectivity index (χ1v) is 5.91. The first-order chi connectivity index (χ1) is 9.65. The molecule has 1 heterocycles. The summed E-state index contributed by atoms with van der Waals surface area (Å²) in [4.78, 5) is 14.7. The number of aliphatic carboxylic acids is 1. The van der Waals surface area contributed by atoms with Crippen LogP contribution in [0.1, 0.15) is 12.3 Å². The van der Waals surface area contributed by atoms with Crippen LogP contribution >= 0.6 is 0 Å². The predicted octanol–water partition coefficient (Wildman–Crippen LogP) is 1.77. The molecule has 2 rings (SSSR count). The minimum absolute atomic E-state index is 0.0648. The fourth-order valence-corrected chi connectivity index (χ4v) is 1.74. The third kappa shape index (κ3) is 2.87. The molecule has 0 fully saturated rings. The van der Waals surface area contributed by atoms with Gasteiger partial charge in [0.25, 0.3) is 0 Å². The standard InChI is InChI=1S/C13H14N2O5/c1-18-8-4-3-5-9(19-2)12(8)13-14-10(20-15-13)6-7-11(16)17/h3-5H,6-7H2,1-2H3,(H,16,17). The lowest BCUT2D eigenvalue weighted by Gasteiger charge is -2.09. The average molecular weight is 278 g/mol. The lowest BCUT2D eigenvalue weighted by atomic mass is 10.1. The molecule has 7 nitrogen and oxygen atoms in total. The summed E-state index contributed by atoms with van der Waals surface area (Å²) in [5.41, 5.74) is 0.572. The van der Waals surface area contributed by atoms with Crippen molar-refractivity contribution in [1.82, 2.24) is 10.1 Å². The van der Waals surface area contributed by atoms with E-state index >= 15 is 0 Å². The number of aryl methyl sites for hydroxylation is 1. The van der Waals surface area contributed by atoms with Crippen LogP contribution in [0, 0.1) is 0 Å². The van der Waals surface area contributed by atoms with Crippen LogP contribution in [0.2, 0.25) is 0 Å². The van der Waals surface area contributed by atoms with E-state index in [9.17, 15) is 4.79 Å². The molecule has 0 amide bonds. The summed E-state index contributed by atoms with van der Waals surface area (Å²) in [5, 5.41) is 12.5. The summed E-state index contributed by atoms with van der Waals surface area (Å²) in [5.74, 6) is 0.750. The van der Waals surface area contributed by atoms with Crippen molar-refractivity contribution in [3.63, 3.8) is 0 Å². The van der Waals surface area contributed by atoms with Gasteiger partial charge in [0.1, 0.15) is 17.1 Å². The second-order valence-corrected chi connectivity index (χ2v) is 3.94. The van der Waals surface area contributed by atoms with Crippen molar-refractivity contribution in [1.29, 1.82) is 0 Å². The molecular formula is C13H14N2O5. The second-order valence-electron chi connectivity index (χ2n) is 3.94. The van der Waals surface area contributed by atoms with Gasteiger partial charge in [-0.05, 0) is 12.1 Å². The Hall–Kier alpha value is -2.57. The van der Waals surface area contributed by atoms with Crippen molar-refractivity contribution in [2.75, 3.05) is 14.2 Å². The summed E-state index contributed by atoms with van der Waals surface area (Å²) in [6.07, 6.45) is 0.116. The van der Waals surface area contributed by atoms with Gasteiger partial charge in [-0.3, -0.25) is 4.79 Å². The third-order valence-electron chi connectivity index (χ3n) is 2.67. The maximum atomic E-state index is 10.5. The van der Waals surface area contributed by atoms with E-state index < -0.39 is 5.97 Å². The number of benzene rings is 1. The van der Waals surface area contributed by atoms with Gasteiger partial charge in [-0.2, -0.15) is 4.98 Å². The number of carbonyl (C=O) groups is 1. The van der Waals surface area contributed by atoms with Gasteiger partial charge in [-0.25, -0.2) is 0 Å². The van der Waals surface area contributed by atoms with Crippen LogP contribution in [-0.4, -0.2) is 35.4 Å². The zero-order chi connectivity index (χ0) is 14.5. The summed E-state index contributed by atoms with van der Waals surface area (Å²) < 4.78 is 15.5. The molecule has 0 bridgehead atoms. The second kappa shape index (κ2) is 6.05. The Bertz CT molecular complexity index is 586. The van der Waals surface area contributed by atoms with E-state index in [4.69, 9.17) is 19.1 Å². The molecule has 0 spiro atoms. The number of methoxy groups -OCH3 is 2. The summed E-state index contributed by atoms with van der Waals surface area (Å²) in [6.45, 7) is 0. The maximum Gasteiger partial charge on any atom is 0.303 e. The zero-order valence-electron chi connectivity index (χ0n) is 11.1. The van der Waals surface area contributed by atoms with Gasteiger partial charge < -0.3 is 19.1 Å². The molecule has 0 aliphatic heterocycles. The Labute approximate surface area is 115 Å². The van der Waals surface area contributed by atoms with E-state index in [0.717, 1.165) is 0 Å². The summed E-state index contributed by atoms with van der Waals surface area (Å²) in [7, 11) is 3.06. The van der Waals surface area contributed by atoms with Crippen molar-refractivity contribution < 1.29 is 23.9 Å². The van der Waals surface area contributed by atoms with Gasteiger partial charge in [0.15, 0.2) is 0 Å². The van der Waals surface area contributed by atoms with Gasteiger partial charge >= 0.3 is 5.97 Å². The number of nitrogens with zero attached hydrogens (tertiary/aromatic N) is 2. The highest BCUT2D eigenvalue weighted by atomic mass is 16.5. The van der Waals surface area contributed by atoms with E-state index in [2.05, 4.69) is 10.1 Å². The molecule has 1 N–H and O–H groups in total. The van der Waals surface area contributed by atoms with Gasteiger partial charge in [0.05, 0.1) is 20.6 Å². The Morgan fingerprint density at radius 3 is 2.50 bits per heavy atom. The van der Waals surface area contributed by atoms with E-state index in [0.29, 0.717) is 22.9 Å². The smallest absolute Gasteiger partial charge is 0.303 e. The highest BCUT2D eigenvalue weighted by Crippen LogP contribution is 2.36.